The second-order valence-electron chi connectivity index (χ2n) is 13.1. The van der Waals surface area contributed by atoms with Crippen molar-refractivity contribution in [2.24, 2.45) is 0 Å². The molecule has 360 valence electrons. The summed E-state index contributed by atoms with van der Waals surface area (Å²) in [5.74, 6) is -5.09. The van der Waals surface area contributed by atoms with E-state index in [2.05, 4.69) is 8.37 Å². The minimum Gasteiger partial charge on any atom is -0.479 e. The van der Waals surface area contributed by atoms with Crippen molar-refractivity contribution in [3.63, 3.8) is 0 Å². The van der Waals surface area contributed by atoms with Crippen LogP contribution < -0.4 is 9.44 Å². The van der Waals surface area contributed by atoms with Crippen molar-refractivity contribution in [3.8, 4) is 0 Å². The Morgan fingerprint density at radius 3 is 1.53 bits per heavy atom. The molecule has 0 bridgehead atoms. The van der Waals surface area contributed by atoms with E-state index in [-0.39, 0.29) is 0 Å². The Bertz CT molecular complexity index is 2080. The molecule has 0 unspecified atom stereocenters. The summed E-state index contributed by atoms with van der Waals surface area (Å²) in [4.78, 5) is 24.0. The number of aliphatic hydroxyl groups excluding tert-OH is 7. The second-order valence-corrected chi connectivity index (χ2v) is 17.7. The Kier molecular flexibility index (Phi) is 16.7. The van der Waals surface area contributed by atoms with Gasteiger partial charge in [-0.2, -0.15) is 43.1 Å². The van der Waals surface area contributed by atoms with Crippen LogP contribution in [0.4, 0.5) is 0 Å². The van der Waals surface area contributed by atoms with Crippen LogP contribution in [0.2, 0.25) is 0 Å². The third-order valence-electron chi connectivity index (χ3n) is 8.76. The molecule has 18 atom stereocenters. The van der Waals surface area contributed by atoms with Crippen molar-refractivity contribution in [3.05, 3.63) is 11.8 Å². The number of aliphatic hydroxyl groups is 7. The van der Waals surface area contributed by atoms with E-state index < -0.39 is 183 Å². The van der Waals surface area contributed by atoms with E-state index >= 15 is 0 Å². The van der Waals surface area contributed by atoms with Gasteiger partial charge in [-0.05, 0) is 6.08 Å². The Hall–Kier alpha value is -2.56. The lowest BCUT2D eigenvalue weighted by Gasteiger charge is -2.49. The highest BCUT2D eigenvalue weighted by molar-refractivity contribution is 7.84. The summed E-state index contributed by atoms with van der Waals surface area (Å²) >= 11 is 0. The maximum Gasteiger partial charge on any atom is 0.397 e. The van der Waals surface area contributed by atoms with Gasteiger partial charge in [0.25, 0.3) is 0 Å². The van der Waals surface area contributed by atoms with Crippen LogP contribution in [0.3, 0.4) is 0 Å². The number of nitrogens with one attached hydrogen (secondary N) is 2. The average Bonchev–Trinajstić information content (AvgIpc) is 3.11. The van der Waals surface area contributed by atoms with Gasteiger partial charge >= 0.3 is 53.3 Å². The van der Waals surface area contributed by atoms with Crippen LogP contribution in [0.5, 0.6) is 0 Å². The number of carbonyl (C=O) groups is 2. The largest absolute Gasteiger partial charge is 0.479 e. The van der Waals surface area contributed by atoms with Crippen LogP contribution in [0.1, 0.15) is 0 Å². The molecule has 0 radical (unpaired) electrons. The van der Waals surface area contributed by atoms with Crippen LogP contribution in [0.25, 0.3) is 0 Å². The van der Waals surface area contributed by atoms with Crippen molar-refractivity contribution < 1.29 is 149 Å². The van der Waals surface area contributed by atoms with E-state index in [1.54, 1.807) is 0 Å². The first-order chi connectivity index (χ1) is 28.3. The molecule has 15 N–H and O–H groups in total. The molecule has 0 spiro atoms. The van der Waals surface area contributed by atoms with E-state index in [9.17, 15) is 103 Å². The molecule has 0 aromatic rings. The van der Waals surface area contributed by atoms with Crippen LogP contribution in [-0.4, -0.2) is 233 Å². The normalized spacial score (nSPS) is 40.0. The molecule has 4 heterocycles. The summed E-state index contributed by atoms with van der Waals surface area (Å²) < 4.78 is 177. The summed E-state index contributed by atoms with van der Waals surface area (Å²) in [5, 5.41) is 94.4. The SMILES string of the molecule is O=C(O)C1=C[C@H](O)[C@@H](O)[C@H](O[C@H]2[C@H](O)[C@@H](NS(=O)(=O)O)[C@H](O[C@H]3[C@H](O)[C@@H](O)[C@H](O[C@H]4[C@H](O)[C@@H](NS(=O)(=O)O)[C@H](O)O[C@@H]4COS(=O)(=O)O)O[C@@H]3C(=O)O)O[C@@H]2COS(=O)(=O)O)O1. The molecule has 0 aromatic heterocycles. The number of rotatable bonds is 18. The number of carboxylic acid groups (broad SMARTS) is 2. The van der Waals surface area contributed by atoms with Gasteiger partial charge < -0.3 is 79.1 Å². The third-order valence-corrected chi connectivity index (χ3v) is 10.8. The lowest BCUT2D eigenvalue weighted by Crippen LogP contribution is -2.70. The van der Waals surface area contributed by atoms with E-state index in [0.29, 0.717) is 6.08 Å². The molecular formula is C24H38N2O32S4. The highest BCUT2D eigenvalue weighted by Gasteiger charge is 2.57. The smallest absolute Gasteiger partial charge is 0.397 e. The average molecular weight is 995 g/mol. The quantitative estimate of drug-likeness (QED) is 0.0567. The van der Waals surface area contributed by atoms with Crippen molar-refractivity contribution in [2.45, 2.75) is 110 Å². The molecule has 38 heteroatoms. The van der Waals surface area contributed by atoms with Gasteiger partial charge in [-0.3, -0.25) is 18.2 Å². The lowest BCUT2D eigenvalue weighted by molar-refractivity contribution is -0.365. The molecule has 0 saturated carbocycles. The van der Waals surface area contributed by atoms with Gasteiger partial charge in [0, 0.05) is 0 Å². The third kappa shape index (κ3) is 13.7. The second kappa shape index (κ2) is 19.9. The fourth-order valence-electron chi connectivity index (χ4n) is 6.12. The van der Waals surface area contributed by atoms with Crippen molar-refractivity contribution in [1.82, 2.24) is 9.44 Å². The van der Waals surface area contributed by atoms with Gasteiger partial charge in [0.2, 0.25) is 12.0 Å². The predicted molar refractivity (Wildman–Crippen MR) is 179 cm³/mol. The van der Waals surface area contributed by atoms with Gasteiger partial charge in [0.1, 0.15) is 79.2 Å². The first-order valence-electron chi connectivity index (χ1n) is 16.5. The van der Waals surface area contributed by atoms with Crippen molar-refractivity contribution in [1.29, 1.82) is 0 Å². The van der Waals surface area contributed by atoms with E-state index in [1.165, 1.54) is 9.44 Å². The lowest BCUT2D eigenvalue weighted by atomic mass is 9.95. The summed E-state index contributed by atoms with van der Waals surface area (Å²) in [7, 11) is -21.6. The van der Waals surface area contributed by atoms with Gasteiger partial charge in [0.15, 0.2) is 25.0 Å². The van der Waals surface area contributed by atoms with Gasteiger partial charge in [0.05, 0.1) is 13.2 Å². The standard InChI is InChI=1S/C24H38N2O32S4/c27-4-1-5(19(33)34)53-23(10(4)28)55-16-7(3-51-62(47,48)49)54-22(9(12(16)30)26-60(41,42)43)57-17-13(31)14(32)24(58-18(17)20(35)36)56-15-6(2-50-61(44,45)46)52-21(37)8(11(15)29)25-59(38,39)40/h1,4,6-18,21-32,37H,2-3H2,(H,33,34)(H,35,36)(H,38,39,40)(H,41,42,43)(H,44,45,46)(H,47,48,49)/t4-,6+,7+,8+,9+,10+,11+,12+,13+,14+,15+,16+,17-,18-,21+,22-,23-,24+/m0/s1. The monoisotopic (exact) mass is 994 g/mol. The molecular weight excluding hydrogens is 957 g/mol. The highest BCUT2D eigenvalue weighted by Crippen LogP contribution is 2.35. The zero-order chi connectivity index (χ0) is 47.0. The van der Waals surface area contributed by atoms with Crippen LogP contribution in [0, 0.1) is 0 Å². The van der Waals surface area contributed by atoms with E-state index in [4.69, 9.17) is 37.7 Å². The minimum atomic E-state index is -5.56. The fraction of sp³-hybridized carbons (Fsp3) is 0.833. The summed E-state index contributed by atoms with van der Waals surface area (Å²) in [6, 6.07) is -4.85. The number of carboxylic acids is 2. The molecule has 4 aliphatic rings. The zero-order valence-electron chi connectivity index (χ0n) is 30.1. The molecule has 0 aromatic carbocycles. The topological polar surface area (TPSA) is 541 Å². The maximum absolute atomic E-state index is 12.5. The summed E-state index contributed by atoms with van der Waals surface area (Å²) in [6.45, 7) is -2.89. The van der Waals surface area contributed by atoms with Crippen molar-refractivity contribution >= 4 is 53.3 Å². The molecule has 4 rings (SSSR count). The predicted octanol–water partition coefficient (Wildman–Crippen LogP) is -9.96. The highest BCUT2D eigenvalue weighted by atomic mass is 32.3. The van der Waals surface area contributed by atoms with Crippen LogP contribution >= 0.6 is 0 Å². The van der Waals surface area contributed by atoms with E-state index in [1.807, 2.05) is 0 Å². The van der Waals surface area contributed by atoms with Gasteiger partial charge in [-0.15, -0.1) is 0 Å². The Labute approximate surface area is 346 Å². The first kappa shape index (κ1) is 52.1. The van der Waals surface area contributed by atoms with E-state index in [0.717, 1.165) is 0 Å². The summed E-state index contributed by atoms with van der Waals surface area (Å²) in [6.07, 6.45) is -38.7. The van der Waals surface area contributed by atoms with Crippen LogP contribution in [-0.2, 0) is 92.5 Å². The Morgan fingerprint density at radius 2 is 1.05 bits per heavy atom. The molecule has 34 nitrogen and oxygen atoms in total. The van der Waals surface area contributed by atoms with Gasteiger partial charge in [-0.1, -0.05) is 0 Å². The molecule has 62 heavy (non-hydrogen) atoms. The first-order valence-corrected chi connectivity index (χ1v) is 22.1. The Morgan fingerprint density at radius 1 is 0.581 bits per heavy atom. The number of aliphatic carboxylic acids is 2. The summed E-state index contributed by atoms with van der Waals surface area (Å²) in [5.41, 5.74) is 0. The fourth-order valence-corrected chi connectivity index (χ4v) is 7.93. The molecule has 0 amide bonds. The molecule has 4 aliphatic heterocycles. The number of hydrogen-bond acceptors (Lipinski definition) is 26. The molecule has 3 saturated heterocycles. The molecule has 0 aliphatic carbocycles. The van der Waals surface area contributed by atoms with Crippen LogP contribution in [0.15, 0.2) is 11.8 Å². The maximum atomic E-state index is 12.5. The zero-order valence-corrected chi connectivity index (χ0v) is 33.4. The Balaban J connectivity index is 1.67. The molecule has 3 fully saturated rings. The minimum absolute atomic E-state index is 0.497. The number of ether oxygens (including phenoxy) is 7. The van der Waals surface area contributed by atoms with Crippen molar-refractivity contribution in [2.75, 3.05) is 13.2 Å². The van der Waals surface area contributed by atoms with Gasteiger partial charge in [-0.25, -0.2) is 18.0 Å². The number of hydrogen-bond donors (Lipinski definition) is 15.